The summed E-state index contributed by atoms with van der Waals surface area (Å²) in [4.78, 5) is 40.2. The molecular formula is C31H39ClN6O4. The third-order valence-corrected chi connectivity index (χ3v) is 7.42. The summed E-state index contributed by atoms with van der Waals surface area (Å²) in [5.74, 6) is 0.706. The highest BCUT2D eigenvalue weighted by Gasteiger charge is 2.32. The van der Waals surface area contributed by atoms with Gasteiger partial charge in [-0.3, -0.25) is 9.59 Å². The Labute approximate surface area is 252 Å². The summed E-state index contributed by atoms with van der Waals surface area (Å²) in [6, 6.07) is 12.7. The molecule has 2 aromatic heterocycles. The lowest BCUT2D eigenvalue weighted by Crippen LogP contribution is -2.55. The van der Waals surface area contributed by atoms with E-state index in [0.717, 1.165) is 12.1 Å². The van der Waals surface area contributed by atoms with Crippen LogP contribution in [0.5, 0.6) is 11.6 Å². The molecule has 3 heterocycles. The highest BCUT2D eigenvalue weighted by atomic mass is 35.5. The lowest BCUT2D eigenvalue weighted by molar-refractivity contribution is 0.0720. The van der Waals surface area contributed by atoms with Crippen molar-refractivity contribution < 1.29 is 19.1 Å². The summed E-state index contributed by atoms with van der Waals surface area (Å²) >= 11 is 6.47. The van der Waals surface area contributed by atoms with Crippen molar-refractivity contribution in [2.24, 2.45) is 0 Å². The fourth-order valence-electron chi connectivity index (χ4n) is 5.03. The highest BCUT2D eigenvalue weighted by Crippen LogP contribution is 2.32. The SMILES string of the molecule is CCOc1ccc(C(=O)N2CCN(c3ccc(-c4cccnc4OCC)nc3C(=O)NCCNC)[C@H](CC)C2)c(Cl)c1. The van der Waals surface area contributed by atoms with Gasteiger partial charge >= 0.3 is 0 Å². The summed E-state index contributed by atoms with van der Waals surface area (Å²) in [5.41, 5.74) is 2.80. The third kappa shape index (κ3) is 7.11. The molecule has 1 aliphatic heterocycles. The number of carbonyl (C=O) groups excluding carboxylic acids is 2. The zero-order chi connectivity index (χ0) is 30.1. The molecule has 0 saturated carbocycles. The zero-order valence-corrected chi connectivity index (χ0v) is 25.4. The van der Waals surface area contributed by atoms with E-state index in [1.54, 1.807) is 24.4 Å². The number of hydrogen-bond donors (Lipinski definition) is 2. The van der Waals surface area contributed by atoms with Crippen LogP contribution in [0.25, 0.3) is 11.3 Å². The second-order valence-electron chi connectivity index (χ2n) is 9.79. The molecule has 0 radical (unpaired) electrons. The first-order chi connectivity index (χ1) is 20.4. The molecule has 10 nitrogen and oxygen atoms in total. The van der Waals surface area contributed by atoms with Crippen LogP contribution in [0.3, 0.4) is 0 Å². The molecule has 2 N–H and O–H groups in total. The maximum Gasteiger partial charge on any atom is 0.272 e. The van der Waals surface area contributed by atoms with E-state index in [0.29, 0.717) is 85.1 Å². The predicted octanol–water partition coefficient (Wildman–Crippen LogP) is 4.28. The maximum absolute atomic E-state index is 13.5. The molecular weight excluding hydrogens is 556 g/mol. The Hall–Kier alpha value is -3.89. The molecule has 1 saturated heterocycles. The van der Waals surface area contributed by atoms with Crippen molar-refractivity contribution in [2.45, 2.75) is 33.2 Å². The number of nitrogens with zero attached hydrogens (tertiary/aromatic N) is 4. The number of carbonyl (C=O) groups is 2. The molecule has 2 amide bonds. The Morgan fingerprint density at radius 3 is 2.57 bits per heavy atom. The Balaban J connectivity index is 1.63. The van der Waals surface area contributed by atoms with E-state index in [1.165, 1.54) is 0 Å². The molecule has 0 aliphatic carbocycles. The quantitative estimate of drug-likeness (QED) is 0.299. The van der Waals surface area contributed by atoms with E-state index in [2.05, 4.69) is 27.4 Å². The number of piperazine rings is 1. The summed E-state index contributed by atoms with van der Waals surface area (Å²) in [6.07, 6.45) is 2.43. The van der Waals surface area contributed by atoms with E-state index in [1.807, 2.05) is 50.1 Å². The molecule has 11 heteroatoms. The first-order valence-electron chi connectivity index (χ1n) is 14.4. The summed E-state index contributed by atoms with van der Waals surface area (Å²) in [7, 11) is 1.83. The highest BCUT2D eigenvalue weighted by molar-refractivity contribution is 6.34. The van der Waals surface area contributed by atoms with Crippen LogP contribution in [0, 0.1) is 0 Å². The van der Waals surface area contributed by atoms with Crippen molar-refractivity contribution in [3.63, 3.8) is 0 Å². The molecule has 1 aromatic carbocycles. The van der Waals surface area contributed by atoms with Gasteiger partial charge in [-0.05, 0) is 69.8 Å². The van der Waals surface area contributed by atoms with Crippen LogP contribution in [0.2, 0.25) is 5.02 Å². The van der Waals surface area contributed by atoms with Crippen LogP contribution in [-0.2, 0) is 0 Å². The fourth-order valence-corrected chi connectivity index (χ4v) is 5.28. The number of aromatic nitrogens is 2. The van der Waals surface area contributed by atoms with Gasteiger partial charge in [-0.25, -0.2) is 9.97 Å². The van der Waals surface area contributed by atoms with Crippen LogP contribution in [0.15, 0.2) is 48.7 Å². The average Bonchev–Trinajstić information content (AvgIpc) is 3.01. The lowest BCUT2D eigenvalue weighted by atomic mass is 10.0. The standard InChI is InChI=1S/C31H39ClN6O4/c1-5-21-20-37(31(40)23-11-10-22(41-6-2)19-25(23)32)17-18-38(21)27-13-12-26(24-9-8-14-35-30(24)42-7-3)36-28(27)29(39)34-16-15-33-4/h8-14,19,21,33H,5-7,15-18,20H2,1-4H3,(H,34,39)/t21-/m1/s1. The maximum atomic E-state index is 13.5. The van der Waals surface area contributed by atoms with E-state index in [-0.39, 0.29) is 17.9 Å². The Morgan fingerprint density at radius 1 is 1.05 bits per heavy atom. The molecule has 3 aromatic rings. The molecule has 0 spiro atoms. The van der Waals surface area contributed by atoms with Gasteiger partial charge in [-0.2, -0.15) is 0 Å². The second-order valence-corrected chi connectivity index (χ2v) is 10.2. The molecule has 42 heavy (non-hydrogen) atoms. The number of halogens is 1. The second kappa shape index (κ2) is 14.8. The van der Waals surface area contributed by atoms with E-state index in [9.17, 15) is 9.59 Å². The first kappa shape index (κ1) is 31.1. The largest absolute Gasteiger partial charge is 0.494 e. The van der Waals surface area contributed by atoms with Gasteiger partial charge < -0.3 is 29.9 Å². The minimum Gasteiger partial charge on any atom is -0.494 e. The van der Waals surface area contributed by atoms with Crippen LogP contribution >= 0.6 is 11.6 Å². The number of nitrogens with one attached hydrogen (secondary N) is 2. The third-order valence-electron chi connectivity index (χ3n) is 7.11. The van der Waals surface area contributed by atoms with E-state index < -0.39 is 0 Å². The van der Waals surface area contributed by atoms with Gasteiger partial charge in [0.25, 0.3) is 11.8 Å². The number of anilines is 1. The summed E-state index contributed by atoms with van der Waals surface area (Å²) in [5, 5.41) is 6.38. The molecule has 4 rings (SSSR count). The van der Waals surface area contributed by atoms with Gasteiger partial charge in [-0.15, -0.1) is 0 Å². The summed E-state index contributed by atoms with van der Waals surface area (Å²) < 4.78 is 11.2. The number of likely N-dealkylation sites (N-methyl/N-ethyl adjacent to an activating group) is 1. The van der Waals surface area contributed by atoms with Gasteiger partial charge in [0, 0.05) is 45.0 Å². The first-order valence-corrected chi connectivity index (χ1v) is 14.8. The minimum absolute atomic E-state index is 0.0296. The van der Waals surface area contributed by atoms with Crippen molar-refractivity contribution in [3.05, 3.63) is 64.9 Å². The van der Waals surface area contributed by atoms with Crippen LogP contribution in [-0.4, -0.2) is 85.7 Å². The number of rotatable bonds is 12. The van der Waals surface area contributed by atoms with Gasteiger partial charge in [0.05, 0.1) is 40.7 Å². The van der Waals surface area contributed by atoms with Gasteiger partial charge in [0.15, 0.2) is 5.69 Å². The van der Waals surface area contributed by atoms with Crippen molar-refractivity contribution in [3.8, 4) is 22.9 Å². The zero-order valence-electron chi connectivity index (χ0n) is 24.7. The predicted molar refractivity (Wildman–Crippen MR) is 165 cm³/mol. The number of ether oxygens (including phenoxy) is 2. The molecule has 1 aliphatic rings. The van der Waals surface area contributed by atoms with E-state index in [4.69, 9.17) is 26.1 Å². The number of amides is 2. The van der Waals surface area contributed by atoms with E-state index >= 15 is 0 Å². The van der Waals surface area contributed by atoms with Crippen molar-refractivity contribution in [2.75, 3.05) is 57.9 Å². The van der Waals surface area contributed by atoms with Crippen molar-refractivity contribution in [1.82, 2.24) is 25.5 Å². The molecule has 0 unspecified atom stereocenters. The molecule has 1 atom stereocenters. The van der Waals surface area contributed by atoms with Crippen molar-refractivity contribution in [1.29, 1.82) is 0 Å². The molecule has 0 bridgehead atoms. The molecule has 1 fully saturated rings. The van der Waals surface area contributed by atoms with Gasteiger partial charge in [0.2, 0.25) is 5.88 Å². The monoisotopic (exact) mass is 594 g/mol. The van der Waals surface area contributed by atoms with Crippen molar-refractivity contribution >= 4 is 29.1 Å². The Bertz CT molecular complexity index is 1390. The lowest BCUT2D eigenvalue weighted by Gasteiger charge is -2.43. The fraction of sp³-hybridized carbons (Fsp3) is 0.419. The molecule has 224 valence electrons. The van der Waals surface area contributed by atoms with Crippen LogP contribution < -0.4 is 25.0 Å². The number of benzene rings is 1. The van der Waals surface area contributed by atoms with Gasteiger partial charge in [0.1, 0.15) is 5.75 Å². The average molecular weight is 595 g/mol. The minimum atomic E-state index is -0.265. The Morgan fingerprint density at radius 2 is 1.86 bits per heavy atom. The number of hydrogen-bond acceptors (Lipinski definition) is 8. The smallest absolute Gasteiger partial charge is 0.272 e. The number of pyridine rings is 2. The summed E-state index contributed by atoms with van der Waals surface area (Å²) in [6.45, 7) is 9.43. The normalized spacial score (nSPS) is 14.9. The van der Waals surface area contributed by atoms with Crippen LogP contribution in [0.4, 0.5) is 5.69 Å². The van der Waals surface area contributed by atoms with Crippen LogP contribution in [0.1, 0.15) is 48.0 Å². The topological polar surface area (TPSA) is 109 Å². The Kier molecular flexibility index (Phi) is 11.0. The van der Waals surface area contributed by atoms with Gasteiger partial charge in [-0.1, -0.05) is 18.5 Å².